The van der Waals surface area contributed by atoms with Crippen LogP contribution in [0.25, 0.3) is 5.57 Å². The normalized spacial score (nSPS) is 11.6. The lowest BCUT2D eigenvalue weighted by atomic mass is 10.0. The summed E-state index contributed by atoms with van der Waals surface area (Å²) >= 11 is 0. The summed E-state index contributed by atoms with van der Waals surface area (Å²) in [5.74, 6) is 0. The van der Waals surface area contributed by atoms with Crippen LogP contribution >= 0.6 is 0 Å². The minimum Gasteiger partial charge on any atom is -0.243 e. The first-order chi connectivity index (χ1) is 7.36. The van der Waals surface area contributed by atoms with Gasteiger partial charge in [0.05, 0.1) is 5.69 Å². The molecule has 1 aromatic rings. The van der Waals surface area contributed by atoms with Crippen LogP contribution in [-0.4, -0.2) is 4.98 Å². The van der Waals surface area contributed by atoms with E-state index in [0.29, 0.717) is 17.7 Å². The molecule has 0 N–H and O–H groups in total. The minimum absolute atomic E-state index is 0.372. The number of hydrogen-bond acceptors (Lipinski definition) is 1. The first-order valence-corrected chi connectivity index (χ1v) is 5.09. The number of aromatic nitrogens is 1. The van der Waals surface area contributed by atoms with Crippen LogP contribution in [0.1, 0.15) is 37.2 Å². The second-order valence-electron chi connectivity index (χ2n) is 3.73. The van der Waals surface area contributed by atoms with Crippen LogP contribution in [0, 0.1) is 0 Å². The van der Waals surface area contributed by atoms with E-state index in [1.165, 1.54) is 6.07 Å². The number of nitrogens with zero attached hydrogens (tertiary/aromatic N) is 1. The molecule has 0 aromatic carbocycles. The van der Waals surface area contributed by atoms with Gasteiger partial charge in [0.25, 0.3) is 0 Å². The molecule has 16 heavy (non-hydrogen) atoms. The van der Waals surface area contributed by atoms with Crippen molar-refractivity contribution in [1.29, 1.82) is 0 Å². The topological polar surface area (TPSA) is 12.9 Å². The predicted octanol–water partition coefficient (Wildman–Crippen LogP) is 4.09. The molecule has 88 valence electrons. The molecule has 1 nitrogen and oxygen atoms in total. The van der Waals surface area contributed by atoms with E-state index in [0.717, 1.165) is 18.1 Å². The SMILES string of the molecule is C=C(C)c1nc(C(F)(F)F)ccc1CCC. The number of allylic oxidation sites excluding steroid dienone is 1. The Morgan fingerprint density at radius 1 is 1.38 bits per heavy atom. The van der Waals surface area contributed by atoms with Gasteiger partial charge in [-0.1, -0.05) is 26.0 Å². The summed E-state index contributed by atoms with van der Waals surface area (Å²) in [4.78, 5) is 3.64. The van der Waals surface area contributed by atoms with Gasteiger partial charge >= 0.3 is 6.18 Å². The van der Waals surface area contributed by atoms with Crippen LogP contribution in [0.4, 0.5) is 13.2 Å². The van der Waals surface area contributed by atoms with Crippen molar-refractivity contribution in [3.05, 3.63) is 35.7 Å². The molecule has 0 amide bonds. The van der Waals surface area contributed by atoms with Crippen molar-refractivity contribution >= 4 is 5.57 Å². The van der Waals surface area contributed by atoms with Crippen molar-refractivity contribution in [3.8, 4) is 0 Å². The number of halogens is 3. The van der Waals surface area contributed by atoms with Gasteiger partial charge in [0, 0.05) is 0 Å². The fraction of sp³-hybridized carbons (Fsp3) is 0.417. The Kier molecular flexibility index (Phi) is 3.73. The molecule has 0 unspecified atom stereocenters. The second kappa shape index (κ2) is 4.68. The largest absolute Gasteiger partial charge is 0.433 e. The lowest BCUT2D eigenvalue weighted by Crippen LogP contribution is -2.10. The Morgan fingerprint density at radius 2 is 2.00 bits per heavy atom. The summed E-state index contributed by atoms with van der Waals surface area (Å²) in [6.07, 6.45) is -2.81. The van der Waals surface area contributed by atoms with Gasteiger partial charge in [-0.3, -0.25) is 0 Å². The molecule has 0 aliphatic carbocycles. The molecule has 0 fully saturated rings. The van der Waals surface area contributed by atoms with Gasteiger partial charge in [0.15, 0.2) is 0 Å². The third-order valence-corrected chi connectivity index (χ3v) is 2.19. The van der Waals surface area contributed by atoms with E-state index in [1.807, 2.05) is 6.92 Å². The Hall–Kier alpha value is -1.32. The highest BCUT2D eigenvalue weighted by Crippen LogP contribution is 2.29. The van der Waals surface area contributed by atoms with Crippen LogP contribution in [0.15, 0.2) is 18.7 Å². The summed E-state index contributed by atoms with van der Waals surface area (Å²) in [6.45, 7) is 7.30. The Bertz CT molecular complexity index is 394. The highest BCUT2D eigenvalue weighted by molar-refractivity contribution is 5.61. The zero-order valence-corrected chi connectivity index (χ0v) is 9.36. The Balaban J connectivity index is 3.23. The molecule has 1 aromatic heterocycles. The Labute approximate surface area is 93.0 Å². The average molecular weight is 229 g/mol. The molecule has 1 rings (SSSR count). The number of rotatable bonds is 3. The summed E-state index contributed by atoms with van der Waals surface area (Å²) < 4.78 is 37.4. The molecule has 0 atom stereocenters. The first kappa shape index (κ1) is 12.7. The average Bonchev–Trinajstić information content (AvgIpc) is 2.16. The maximum absolute atomic E-state index is 12.5. The smallest absolute Gasteiger partial charge is 0.243 e. The van der Waals surface area contributed by atoms with Crippen LogP contribution in [0.3, 0.4) is 0 Å². The van der Waals surface area contributed by atoms with Crippen molar-refractivity contribution in [1.82, 2.24) is 4.98 Å². The molecule has 0 saturated carbocycles. The molecule has 0 spiro atoms. The standard InChI is InChI=1S/C12H14F3N/c1-4-5-9-6-7-10(12(13,14)15)16-11(9)8(2)3/h6-7H,2,4-5H2,1,3H3. The lowest BCUT2D eigenvalue weighted by Gasteiger charge is -2.11. The molecule has 0 radical (unpaired) electrons. The molecule has 0 aliphatic heterocycles. The van der Waals surface area contributed by atoms with Gasteiger partial charge in [0.1, 0.15) is 5.69 Å². The predicted molar refractivity (Wildman–Crippen MR) is 57.9 cm³/mol. The van der Waals surface area contributed by atoms with E-state index in [9.17, 15) is 13.2 Å². The lowest BCUT2D eigenvalue weighted by molar-refractivity contribution is -0.141. The molecular weight excluding hydrogens is 215 g/mol. The van der Waals surface area contributed by atoms with Crippen LogP contribution in [0.5, 0.6) is 0 Å². The van der Waals surface area contributed by atoms with E-state index >= 15 is 0 Å². The minimum atomic E-state index is -4.39. The van der Waals surface area contributed by atoms with Crippen LogP contribution in [-0.2, 0) is 12.6 Å². The van der Waals surface area contributed by atoms with E-state index in [2.05, 4.69) is 11.6 Å². The number of pyridine rings is 1. The first-order valence-electron chi connectivity index (χ1n) is 5.09. The molecule has 0 saturated heterocycles. The summed E-state index contributed by atoms with van der Waals surface area (Å²) in [7, 11) is 0. The van der Waals surface area contributed by atoms with E-state index in [1.54, 1.807) is 6.92 Å². The highest BCUT2D eigenvalue weighted by atomic mass is 19.4. The third kappa shape index (κ3) is 2.84. The highest BCUT2D eigenvalue weighted by Gasteiger charge is 2.32. The quantitative estimate of drug-likeness (QED) is 0.760. The molecule has 0 bridgehead atoms. The van der Waals surface area contributed by atoms with Crippen molar-refractivity contribution in [3.63, 3.8) is 0 Å². The zero-order valence-electron chi connectivity index (χ0n) is 9.36. The second-order valence-corrected chi connectivity index (χ2v) is 3.73. The van der Waals surface area contributed by atoms with Gasteiger partial charge in [-0.2, -0.15) is 13.2 Å². The zero-order chi connectivity index (χ0) is 12.3. The van der Waals surface area contributed by atoms with Gasteiger partial charge in [-0.05, 0) is 30.5 Å². The number of hydrogen-bond donors (Lipinski definition) is 0. The van der Waals surface area contributed by atoms with Crippen LogP contribution in [0.2, 0.25) is 0 Å². The number of alkyl halides is 3. The van der Waals surface area contributed by atoms with Crippen molar-refractivity contribution in [2.45, 2.75) is 32.9 Å². The molecule has 0 aliphatic rings. The van der Waals surface area contributed by atoms with Gasteiger partial charge in [-0.15, -0.1) is 0 Å². The maximum Gasteiger partial charge on any atom is 0.433 e. The van der Waals surface area contributed by atoms with E-state index < -0.39 is 11.9 Å². The van der Waals surface area contributed by atoms with Gasteiger partial charge < -0.3 is 0 Å². The molecular formula is C12H14F3N. The number of aryl methyl sites for hydroxylation is 1. The fourth-order valence-electron chi connectivity index (χ4n) is 1.49. The third-order valence-electron chi connectivity index (χ3n) is 2.19. The van der Waals surface area contributed by atoms with Crippen molar-refractivity contribution in [2.24, 2.45) is 0 Å². The molecule has 1 heterocycles. The van der Waals surface area contributed by atoms with Gasteiger partial charge in [-0.25, -0.2) is 4.98 Å². The van der Waals surface area contributed by atoms with Crippen LogP contribution < -0.4 is 0 Å². The summed E-state index contributed by atoms with van der Waals surface area (Å²) in [5.41, 5.74) is 0.902. The monoisotopic (exact) mass is 229 g/mol. The maximum atomic E-state index is 12.5. The Morgan fingerprint density at radius 3 is 2.44 bits per heavy atom. The van der Waals surface area contributed by atoms with Crippen molar-refractivity contribution < 1.29 is 13.2 Å². The molecule has 4 heteroatoms. The van der Waals surface area contributed by atoms with E-state index in [4.69, 9.17) is 0 Å². The van der Waals surface area contributed by atoms with Crippen molar-refractivity contribution in [2.75, 3.05) is 0 Å². The van der Waals surface area contributed by atoms with Gasteiger partial charge in [0.2, 0.25) is 0 Å². The summed E-state index contributed by atoms with van der Waals surface area (Å²) in [6, 6.07) is 2.51. The fourth-order valence-corrected chi connectivity index (χ4v) is 1.49. The van der Waals surface area contributed by atoms with E-state index in [-0.39, 0.29) is 0 Å². The summed E-state index contributed by atoms with van der Waals surface area (Å²) in [5, 5.41) is 0.